The molecule has 22 heavy (non-hydrogen) atoms. The fraction of sp³-hybridized carbons (Fsp3) is 0.200. The summed E-state index contributed by atoms with van der Waals surface area (Å²) in [4.78, 5) is 35.3. The Morgan fingerprint density at radius 1 is 1.23 bits per heavy atom. The number of hydrogen-bond acceptors (Lipinski definition) is 5. The predicted octanol–water partition coefficient (Wildman–Crippen LogP) is 0.977. The van der Waals surface area contributed by atoms with E-state index in [1.54, 1.807) is 37.3 Å². The zero-order valence-corrected chi connectivity index (χ0v) is 12.2. The highest BCUT2D eigenvalue weighted by atomic mass is 16.5. The highest BCUT2D eigenvalue weighted by molar-refractivity contribution is 6.01. The number of anilines is 1. The van der Waals surface area contributed by atoms with E-state index in [0.717, 1.165) is 4.68 Å². The lowest BCUT2D eigenvalue weighted by Gasteiger charge is -2.10. The van der Waals surface area contributed by atoms with E-state index in [0.29, 0.717) is 11.4 Å². The number of amides is 1. The van der Waals surface area contributed by atoms with Crippen molar-refractivity contribution in [2.45, 2.75) is 13.5 Å². The molecule has 7 heteroatoms. The zero-order valence-electron chi connectivity index (χ0n) is 12.2. The normalized spacial score (nSPS) is 10.1. The van der Waals surface area contributed by atoms with E-state index in [2.05, 4.69) is 15.2 Å². The van der Waals surface area contributed by atoms with Crippen LogP contribution >= 0.6 is 0 Å². The summed E-state index contributed by atoms with van der Waals surface area (Å²) in [5.74, 6) is -1.02. The number of para-hydroxylation sites is 1. The molecule has 0 aliphatic heterocycles. The average Bonchev–Trinajstić information content (AvgIpc) is 2.50. The summed E-state index contributed by atoms with van der Waals surface area (Å²) in [5.41, 5.74) is 0.812. The maximum Gasteiger partial charge on any atom is 0.339 e. The van der Waals surface area contributed by atoms with Gasteiger partial charge in [0.1, 0.15) is 6.54 Å². The topological polar surface area (TPSA) is 90.3 Å². The van der Waals surface area contributed by atoms with Gasteiger partial charge >= 0.3 is 5.97 Å². The van der Waals surface area contributed by atoms with Crippen molar-refractivity contribution in [1.82, 2.24) is 9.78 Å². The summed E-state index contributed by atoms with van der Waals surface area (Å²) in [6.45, 7) is 1.48. The minimum absolute atomic E-state index is 0.239. The number of rotatable bonds is 4. The molecule has 0 fully saturated rings. The van der Waals surface area contributed by atoms with Crippen molar-refractivity contribution in [3.05, 3.63) is 58.0 Å². The van der Waals surface area contributed by atoms with E-state index in [1.807, 2.05) is 0 Å². The molecule has 1 heterocycles. The summed E-state index contributed by atoms with van der Waals surface area (Å²) in [6, 6.07) is 9.38. The Balaban J connectivity index is 2.18. The molecule has 2 aromatic rings. The zero-order chi connectivity index (χ0) is 16.1. The van der Waals surface area contributed by atoms with Gasteiger partial charge < -0.3 is 10.1 Å². The molecular formula is C15H15N3O4. The number of aryl methyl sites for hydroxylation is 1. The summed E-state index contributed by atoms with van der Waals surface area (Å²) in [5, 5.41) is 6.56. The maximum absolute atomic E-state index is 12.0. The lowest BCUT2D eigenvalue weighted by molar-refractivity contribution is -0.117. The van der Waals surface area contributed by atoms with Gasteiger partial charge in [-0.05, 0) is 25.1 Å². The molecule has 7 nitrogen and oxygen atoms in total. The SMILES string of the molecule is COC(=O)c1ccccc1NC(=O)Cn1nc(C)ccc1=O. The molecule has 0 saturated carbocycles. The lowest BCUT2D eigenvalue weighted by Crippen LogP contribution is -2.29. The van der Waals surface area contributed by atoms with Crippen LogP contribution in [0.4, 0.5) is 5.69 Å². The molecule has 0 radical (unpaired) electrons. The van der Waals surface area contributed by atoms with Crippen molar-refractivity contribution in [2.24, 2.45) is 0 Å². The molecule has 1 aromatic carbocycles. The predicted molar refractivity (Wildman–Crippen MR) is 79.6 cm³/mol. The van der Waals surface area contributed by atoms with Crippen LogP contribution in [-0.2, 0) is 16.1 Å². The van der Waals surface area contributed by atoms with Gasteiger partial charge in [0.15, 0.2) is 0 Å². The number of carbonyl (C=O) groups is 2. The summed E-state index contributed by atoms with van der Waals surface area (Å²) in [6.07, 6.45) is 0. The number of nitrogens with one attached hydrogen (secondary N) is 1. The second-order valence-corrected chi connectivity index (χ2v) is 4.56. The highest BCUT2D eigenvalue weighted by Crippen LogP contribution is 2.15. The quantitative estimate of drug-likeness (QED) is 0.850. The third-order valence-corrected chi connectivity index (χ3v) is 2.90. The van der Waals surface area contributed by atoms with Crippen molar-refractivity contribution < 1.29 is 14.3 Å². The molecule has 0 unspecified atom stereocenters. The molecule has 0 saturated heterocycles. The van der Waals surface area contributed by atoms with Crippen molar-refractivity contribution in [3.63, 3.8) is 0 Å². The third kappa shape index (κ3) is 3.57. The summed E-state index contributed by atoms with van der Waals surface area (Å²) < 4.78 is 5.71. The standard InChI is InChI=1S/C15H15N3O4/c1-10-7-8-14(20)18(17-10)9-13(19)16-12-6-4-3-5-11(12)15(21)22-2/h3-8H,9H2,1-2H3,(H,16,19). The van der Waals surface area contributed by atoms with Gasteiger partial charge in [0.25, 0.3) is 5.56 Å². The maximum atomic E-state index is 12.0. The molecule has 0 aliphatic rings. The minimum Gasteiger partial charge on any atom is -0.465 e. The van der Waals surface area contributed by atoms with Gasteiger partial charge in [-0.25, -0.2) is 9.48 Å². The average molecular weight is 301 g/mol. The van der Waals surface area contributed by atoms with Gasteiger partial charge in [0.05, 0.1) is 24.1 Å². The van der Waals surface area contributed by atoms with Crippen LogP contribution in [0.5, 0.6) is 0 Å². The first-order valence-electron chi connectivity index (χ1n) is 6.53. The Labute approximate surface area is 126 Å². The molecule has 1 aromatic heterocycles. The van der Waals surface area contributed by atoms with Crippen LogP contribution in [0.3, 0.4) is 0 Å². The first kappa shape index (κ1) is 15.4. The lowest BCUT2D eigenvalue weighted by atomic mass is 10.2. The molecule has 1 N–H and O–H groups in total. The number of hydrogen-bond donors (Lipinski definition) is 1. The number of carbonyl (C=O) groups excluding carboxylic acids is 2. The van der Waals surface area contributed by atoms with Gasteiger partial charge in [-0.1, -0.05) is 12.1 Å². The van der Waals surface area contributed by atoms with Gasteiger partial charge in [-0.2, -0.15) is 5.10 Å². The van der Waals surface area contributed by atoms with E-state index >= 15 is 0 Å². The van der Waals surface area contributed by atoms with E-state index in [4.69, 9.17) is 0 Å². The van der Waals surface area contributed by atoms with Crippen molar-refractivity contribution in [2.75, 3.05) is 12.4 Å². The number of aromatic nitrogens is 2. The first-order chi connectivity index (χ1) is 10.5. The second kappa shape index (κ2) is 6.66. The first-order valence-corrected chi connectivity index (χ1v) is 6.53. The van der Waals surface area contributed by atoms with Crippen molar-refractivity contribution in [1.29, 1.82) is 0 Å². The van der Waals surface area contributed by atoms with Crippen LogP contribution in [0, 0.1) is 6.92 Å². The van der Waals surface area contributed by atoms with Crippen molar-refractivity contribution >= 4 is 17.6 Å². The Morgan fingerprint density at radius 2 is 1.95 bits per heavy atom. The Kier molecular flexibility index (Phi) is 4.67. The number of methoxy groups -OCH3 is 1. The molecule has 1 amide bonds. The highest BCUT2D eigenvalue weighted by Gasteiger charge is 2.14. The van der Waals surface area contributed by atoms with E-state index in [9.17, 15) is 14.4 Å². The number of benzene rings is 1. The molecular weight excluding hydrogens is 286 g/mol. The Hall–Kier alpha value is -2.96. The Bertz CT molecular complexity index is 767. The molecule has 0 bridgehead atoms. The number of esters is 1. The van der Waals surface area contributed by atoms with Crippen LogP contribution in [0.25, 0.3) is 0 Å². The van der Waals surface area contributed by atoms with Gasteiger partial charge in [-0.15, -0.1) is 0 Å². The molecule has 0 aliphatic carbocycles. The van der Waals surface area contributed by atoms with Crippen LogP contribution < -0.4 is 10.9 Å². The molecule has 114 valence electrons. The molecule has 2 rings (SSSR count). The smallest absolute Gasteiger partial charge is 0.339 e. The fourth-order valence-corrected chi connectivity index (χ4v) is 1.87. The van der Waals surface area contributed by atoms with Gasteiger partial charge in [0.2, 0.25) is 5.91 Å². The number of nitrogens with zero attached hydrogens (tertiary/aromatic N) is 2. The second-order valence-electron chi connectivity index (χ2n) is 4.56. The summed E-state index contributed by atoms with van der Waals surface area (Å²) >= 11 is 0. The van der Waals surface area contributed by atoms with Gasteiger partial charge in [0, 0.05) is 6.07 Å². The minimum atomic E-state index is -0.554. The molecule has 0 spiro atoms. The number of ether oxygens (including phenoxy) is 1. The fourth-order valence-electron chi connectivity index (χ4n) is 1.87. The van der Waals surface area contributed by atoms with Crippen LogP contribution in [0.15, 0.2) is 41.2 Å². The van der Waals surface area contributed by atoms with Crippen LogP contribution in [0.1, 0.15) is 16.1 Å². The Morgan fingerprint density at radius 3 is 2.68 bits per heavy atom. The largest absolute Gasteiger partial charge is 0.465 e. The van der Waals surface area contributed by atoms with E-state index in [1.165, 1.54) is 13.2 Å². The monoisotopic (exact) mass is 301 g/mol. The summed E-state index contributed by atoms with van der Waals surface area (Å²) in [7, 11) is 1.26. The van der Waals surface area contributed by atoms with Crippen LogP contribution in [-0.4, -0.2) is 28.8 Å². The molecule has 0 atom stereocenters. The van der Waals surface area contributed by atoms with Gasteiger partial charge in [-0.3, -0.25) is 9.59 Å². The van der Waals surface area contributed by atoms with Crippen LogP contribution in [0.2, 0.25) is 0 Å². The van der Waals surface area contributed by atoms with E-state index < -0.39 is 11.9 Å². The van der Waals surface area contributed by atoms with E-state index in [-0.39, 0.29) is 17.7 Å². The third-order valence-electron chi connectivity index (χ3n) is 2.90. The van der Waals surface area contributed by atoms with Crippen molar-refractivity contribution in [3.8, 4) is 0 Å².